The third kappa shape index (κ3) is 8.32. The predicted octanol–water partition coefficient (Wildman–Crippen LogP) is 4.56. The first-order chi connectivity index (χ1) is 19.6. The molecule has 2 aliphatic carbocycles. The molecule has 5 rings (SSSR count). The monoisotopic (exact) mass is 580 g/mol. The van der Waals surface area contributed by atoms with Gasteiger partial charge in [-0.2, -0.15) is 13.2 Å². The first-order valence-electron chi connectivity index (χ1n) is 12.7. The van der Waals surface area contributed by atoms with Crippen LogP contribution in [-0.4, -0.2) is 58.2 Å². The molecule has 0 saturated heterocycles. The zero-order valence-corrected chi connectivity index (χ0v) is 22.0. The number of amides is 1. The van der Waals surface area contributed by atoms with Crippen molar-refractivity contribution in [3.05, 3.63) is 59.9 Å². The van der Waals surface area contributed by atoms with Crippen LogP contribution < -0.4 is 19.5 Å². The van der Waals surface area contributed by atoms with Gasteiger partial charge in [0.15, 0.2) is 17.3 Å². The van der Waals surface area contributed by atoms with E-state index < -0.39 is 18.0 Å². The Morgan fingerprint density at radius 1 is 1.00 bits per heavy atom. The molecule has 2 aliphatic rings. The molecule has 41 heavy (non-hydrogen) atoms. The Kier molecular flexibility index (Phi) is 9.30. The Hall–Kier alpha value is -4.36. The summed E-state index contributed by atoms with van der Waals surface area (Å²) in [5.74, 6) is -1.54. The molecule has 1 aromatic heterocycles. The summed E-state index contributed by atoms with van der Waals surface area (Å²) in [6.45, 7) is 1.21. The fourth-order valence-corrected chi connectivity index (χ4v) is 3.63. The molecule has 2 aromatic carbocycles. The van der Waals surface area contributed by atoms with E-state index in [-0.39, 0.29) is 18.2 Å². The van der Waals surface area contributed by atoms with Crippen molar-refractivity contribution in [1.82, 2.24) is 20.1 Å². The number of benzene rings is 2. The maximum atomic E-state index is 14.1. The van der Waals surface area contributed by atoms with Gasteiger partial charge in [-0.15, -0.1) is 10.2 Å². The number of halogens is 4. The number of ether oxygens (including phenoxy) is 3. The molecular weight excluding hydrogens is 552 g/mol. The molecule has 2 saturated carbocycles. The van der Waals surface area contributed by atoms with Crippen LogP contribution in [0.3, 0.4) is 0 Å². The molecule has 10 nitrogen and oxygen atoms in total. The zero-order valence-electron chi connectivity index (χ0n) is 22.0. The summed E-state index contributed by atoms with van der Waals surface area (Å²) >= 11 is 0. The summed E-state index contributed by atoms with van der Waals surface area (Å²) in [5.41, 5.74) is 1.59. The van der Waals surface area contributed by atoms with Gasteiger partial charge >= 0.3 is 12.1 Å². The van der Waals surface area contributed by atoms with Gasteiger partial charge in [0.2, 0.25) is 0 Å². The van der Waals surface area contributed by atoms with E-state index in [1.165, 1.54) is 19.2 Å². The van der Waals surface area contributed by atoms with Gasteiger partial charge in [-0.05, 0) is 67.3 Å². The number of nitrogens with zero attached hydrogens (tertiary/aromatic N) is 3. The van der Waals surface area contributed by atoms with Crippen molar-refractivity contribution in [2.24, 2.45) is 11.8 Å². The van der Waals surface area contributed by atoms with E-state index in [0.717, 1.165) is 25.7 Å². The number of carbonyl (C=O) groups is 2. The second-order valence-electron chi connectivity index (χ2n) is 9.62. The lowest BCUT2D eigenvalue weighted by Crippen LogP contribution is -2.25. The summed E-state index contributed by atoms with van der Waals surface area (Å²) in [4.78, 5) is 22.4. The molecule has 0 radical (unpaired) electrons. The van der Waals surface area contributed by atoms with Gasteiger partial charge in [0.05, 0.1) is 26.0 Å². The highest BCUT2D eigenvalue weighted by atomic mass is 19.4. The molecule has 2 fully saturated rings. The average Bonchev–Trinajstić information content (AvgIpc) is 3.88. The van der Waals surface area contributed by atoms with Crippen LogP contribution in [0, 0.1) is 17.7 Å². The Morgan fingerprint density at radius 3 is 2.12 bits per heavy atom. The van der Waals surface area contributed by atoms with Crippen molar-refractivity contribution in [3.8, 4) is 22.9 Å². The molecule has 1 amide bonds. The maximum Gasteiger partial charge on any atom is 0.490 e. The van der Waals surface area contributed by atoms with Crippen molar-refractivity contribution in [1.29, 1.82) is 0 Å². The lowest BCUT2D eigenvalue weighted by molar-refractivity contribution is -0.192. The fourth-order valence-electron chi connectivity index (χ4n) is 3.63. The molecule has 0 unspecified atom stereocenters. The third-order valence-electron chi connectivity index (χ3n) is 6.27. The summed E-state index contributed by atoms with van der Waals surface area (Å²) in [5, 5.41) is 17.8. The topological polar surface area (TPSA) is 125 Å². The lowest BCUT2D eigenvalue weighted by Gasteiger charge is -2.19. The number of alkyl halides is 3. The second kappa shape index (κ2) is 12.9. The standard InChI is InChI=1S/C25H27FN4O4.C2HF3O2/c1-32-21-8-6-18(10-19(21)26)11-27-25(31)23-22(33-12-16-2-3-16)9-7-20(30-14-28-29-15-30)24(23)34-13-17-4-5-17;3-2(4,5)1(6)7/h6-10,14-17H,2-5,11-13H2,1H3,(H,27,31);(H,6,7). The van der Waals surface area contributed by atoms with E-state index in [0.29, 0.717) is 53.4 Å². The summed E-state index contributed by atoms with van der Waals surface area (Å²) in [6, 6.07) is 8.23. The summed E-state index contributed by atoms with van der Waals surface area (Å²) in [7, 11) is 1.41. The number of rotatable bonds is 11. The first kappa shape index (κ1) is 29.6. The van der Waals surface area contributed by atoms with Crippen LogP contribution in [-0.2, 0) is 11.3 Å². The minimum Gasteiger partial charge on any atom is -0.494 e. The van der Waals surface area contributed by atoms with Crippen LogP contribution in [0.25, 0.3) is 5.69 Å². The number of carboxylic acid groups (broad SMARTS) is 1. The first-order valence-corrected chi connectivity index (χ1v) is 12.7. The molecule has 0 aliphatic heterocycles. The van der Waals surface area contributed by atoms with E-state index in [2.05, 4.69) is 15.5 Å². The van der Waals surface area contributed by atoms with Gasteiger partial charge in [-0.25, -0.2) is 9.18 Å². The van der Waals surface area contributed by atoms with E-state index >= 15 is 0 Å². The van der Waals surface area contributed by atoms with E-state index in [9.17, 15) is 22.4 Å². The number of hydrogen-bond acceptors (Lipinski definition) is 7. The Bertz CT molecular complexity index is 1360. The molecule has 1 heterocycles. The molecular formula is C27H28F4N4O6. The average molecular weight is 581 g/mol. The summed E-state index contributed by atoms with van der Waals surface area (Å²) < 4.78 is 64.8. The molecule has 14 heteroatoms. The highest BCUT2D eigenvalue weighted by Gasteiger charge is 2.38. The molecule has 0 atom stereocenters. The van der Waals surface area contributed by atoms with E-state index in [4.69, 9.17) is 24.1 Å². The smallest absolute Gasteiger partial charge is 0.490 e. The van der Waals surface area contributed by atoms with Crippen LogP contribution in [0.2, 0.25) is 0 Å². The van der Waals surface area contributed by atoms with Crippen LogP contribution in [0.5, 0.6) is 17.2 Å². The predicted molar refractivity (Wildman–Crippen MR) is 136 cm³/mol. The number of methoxy groups -OCH3 is 1. The van der Waals surface area contributed by atoms with Crippen molar-refractivity contribution in [3.63, 3.8) is 0 Å². The molecule has 3 aromatic rings. The Labute approximate surface area is 232 Å². The van der Waals surface area contributed by atoms with Crippen molar-refractivity contribution < 1.29 is 46.5 Å². The zero-order chi connectivity index (χ0) is 29.6. The highest BCUT2D eigenvalue weighted by molar-refractivity contribution is 6.01. The fraction of sp³-hybridized carbons (Fsp3) is 0.407. The maximum absolute atomic E-state index is 14.1. The number of aromatic nitrogens is 3. The minimum atomic E-state index is -5.08. The Morgan fingerprint density at radius 2 is 1.59 bits per heavy atom. The molecule has 2 N–H and O–H groups in total. The minimum absolute atomic E-state index is 0.140. The van der Waals surface area contributed by atoms with E-state index in [1.807, 2.05) is 6.07 Å². The van der Waals surface area contributed by atoms with Gasteiger partial charge in [-0.1, -0.05) is 6.07 Å². The lowest BCUT2D eigenvalue weighted by atomic mass is 10.1. The van der Waals surface area contributed by atoms with Crippen molar-refractivity contribution in [2.75, 3.05) is 20.3 Å². The quantitative estimate of drug-likeness (QED) is 0.317. The van der Waals surface area contributed by atoms with Crippen LogP contribution in [0.15, 0.2) is 43.0 Å². The SMILES string of the molecule is COc1ccc(CNC(=O)c2c(OCC3CC3)ccc(-n3cnnc3)c2OCC2CC2)cc1F.O=C(O)C(F)(F)F. The van der Waals surface area contributed by atoms with Gasteiger partial charge < -0.3 is 24.6 Å². The number of aliphatic carboxylic acids is 1. The number of nitrogens with one attached hydrogen (secondary N) is 1. The highest BCUT2D eigenvalue weighted by Crippen LogP contribution is 2.38. The summed E-state index contributed by atoms with van der Waals surface area (Å²) in [6.07, 6.45) is 2.54. The molecule has 0 bridgehead atoms. The number of carbonyl (C=O) groups excluding carboxylic acids is 1. The second-order valence-corrected chi connectivity index (χ2v) is 9.62. The molecule has 0 spiro atoms. The third-order valence-corrected chi connectivity index (χ3v) is 6.27. The molecule has 220 valence electrons. The Balaban J connectivity index is 0.000000493. The number of hydrogen-bond donors (Lipinski definition) is 2. The van der Waals surface area contributed by atoms with Crippen LogP contribution in [0.4, 0.5) is 17.6 Å². The van der Waals surface area contributed by atoms with Crippen LogP contribution in [0.1, 0.15) is 41.6 Å². The van der Waals surface area contributed by atoms with E-state index in [1.54, 1.807) is 29.4 Å². The van der Waals surface area contributed by atoms with Gasteiger partial charge in [0.1, 0.15) is 24.0 Å². The number of carboxylic acids is 1. The normalized spacial score (nSPS) is 14.5. The van der Waals surface area contributed by atoms with Gasteiger partial charge in [-0.3, -0.25) is 9.36 Å². The van der Waals surface area contributed by atoms with Crippen molar-refractivity contribution >= 4 is 11.9 Å². The van der Waals surface area contributed by atoms with Gasteiger partial charge in [0, 0.05) is 6.54 Å². The van der Waals surface area contributed by atoms with Crippen molar-refractivity contribution in [2.45, 2.75) is 38.4 Å². The van der Waals surface area contributed by atoms with Crippen LogP contribution >= 0.6 is 0 Å². The van der Waals surface area contributed by atoms with Gasteiger partial charge in [0.25, 0.3) is 5.91 Å². The largest absolute Gasteiger partial charge is 0.494 e.